The molecule has 3 nitrogen and oxygen atoms in total. The number of hydrogen-bond donors (Lipinski definition) is 0. The average Bonchev–Trinajstić information content (AvgIpc) is 2.88. The van der Waals surface area contributed by atoms with E-state index in [0.29, 0.717) is 25.1 Å². The highest BCUT2D eigenvalue weighted by molar-refractivity contribution is 5.97. The summed E-state index contributed by atoms with van der Waals surface area (Å²) in [5.74, 6) is 1.65. The van der Waals surface area contributed by atoms with Crippen LogP contribution in [-0.4, -0.2) is 36.4 Å². The van der Waals surface area contributed by atoms with Crippen molar-refractivity contribution >= 4 is 5.78 Å². The van der Waals surface area contributed by atoms with Crippen LogP contribution < -0.4 is 4.74 Å². The SMILES string of the molecule is CCOc1ccc(C(=O)CN2CCCC2C(C)C)cc1. The highest BCUT2D eigenvalue weighted by atomic mass is 16.5. The molecule has 1 atom stereocenters. The van der Waals surface area contributed by atoms with E-state index < -0.39 is 0 Å². The van der Waals surface area contributed by atoms with Crippen LogP contribution in [0.25, 0.3) is 0 Å². The number of carbonyl (C=O) groups is 1. The molecule has 1 aliphatic heterocycles. The van der Waals surface area contributed by atoms with E-state index in [1.807, 2.05) is 31.2 Å². The Hall–Kier alpha value is -1.35. The number of likely N-dealkylation sites (tertiary alicyclic amines) is 1. The number of carbonyl (C=O) groups excluding carboxylic acids is 1. The Bertz CT molecular complexity index is 439. The summed E-state index contributed by atoms with van der Waals surface area (Å²) < 4.78 is 5.40. The van der Waals surface area contributed by atoms with Gasteiger partial charge in [0, 0.05) is 11.6 Å². The predicted octanol–water partition coefficient (Wildman–Crippen LogP) is 3.39. The van der Waals surface area contributed by atoms with Crippen molar-refractivity contribution in [3.05, 3.63) is 29.8 Å². The van der Waals surface area contributed by atoms with Gasteiger partial charge in [-0.15, -0.1) is 0 Å². The lowest BCUT2D eigenvalue weighted by molar-refractivity contribution is 0.0904. The van der Waals surface area contributed by atoms with Crippen molar-refractivity contribution in [3.63, 3.8) is 0 Å². The van der Waals surface area contributed by atoms with Crippen LogP contribution in [0.3, 0.4) is 0 Å². The van der Waals surface area contributed by atoms with E-state index in [1.165, 1.54) is 12.8 Å². The number of rotatable bonds is 6. The number of ketones is 1. The van der Waals surface area contributed by atoms with Gasteiger partial charge < -0.3 is 4.74 Å². The van der Waals surface area contributed by atoms with Gasteiger partial charge in [-0.1, -0.05) is 13.8 Å². The summed E-state index contributed by atoms with van der Waals surface area (Å²) in [7, 11) is 0. The van der Waals surface area contributed by atoms with Gasteiger partial charge in [0.05, 0.1) is 13.2 Å². The summed E-state index contributed by atoms with van der Waals surface area (Å²) in [5.41, 5.74) is 0.780. The summed E-state index contributed by atoms with van der Waals surface area (Å²) >= 11 is 0. The maximum absolute atomic E-state index is 12.4. The molecule has 0 bridgehead atoms. The second-order valence-corrected chi connectivity index (χ2v) is 5.80. The molecule has 110 valence electrons. The monoisotopic (exact) mass is 275 g/mol. The van der Waals surface area contributed by atoms with Gasteiger partial charge in [0.1, 0.15) is 5.75 Å². The molecule has 1 heterocycles. The first-order valence-electron chi connectivity index (χ1n) is 7.62. The maximum atomic E-state index is 12.4. The molecule has 20 heavy (non-hydrogen) atoms. The third-order valence-corrected chi connectivity index (χ3v) is 4.02. The minimum absolute atomic E-state index is 0.209. The number of Topliss-reactive ketones (excluding diaryl/α,β-unsaturated/α-hetero) is 1. The molecule has 0 spiro atoms. The van der Waals surface area contributed by atoms with Crippen LogP contribution in [0.2, 0.25) is 0 Å². The van der Waals surface area contributed by atoms with E-state index in [9.17, 15) is 4.79 Å². The molecule has 1 saturated heterocycles. The van der Waals surface area contributed by atoms with Crippen LogP contribution in [0.5, 0.6) is 5.75 Å². The first-order chi connectivity index (χ1) is 9.61. The van der Waals surface area contributed by atoms with Gasteiger partial charge in [-0.05, 0) is 56.5 Å². The number of hydrogen-bond acceptors (Lipinski definition) is 3. The van der Waals surface area contributed by atoms with Crippen LogP contribution in [0, 0.1) is 5.92 Å². The van der Waals surface area contributed by atoms with Crippen molar-refractivity contribution in [2.75, 3.05) is 19.7 Å². The molecular formula is C17H25NO2. The molecule has 0 aliphatic carbocycles. The smallest absolute Gasteiger partial charge is 0.176 e. The standard InChI is InChI=1S/C17H25NO2/c1-4-20-15-9-7-14(8-10-15)17(19)12-18-11-5-6-16(18)13(2)3/h7-10,13,16H,4-6,11-12H2,1-3H3. The predicted molar refractivity (Wildman–Crippen MR) is 81.4 cm³/mol. The Morgan fingerprint density at radius 1 is 1.35 bits per heavy atom. The number of ether oxygens (including phenoxy) is 1. The fraction of sp³-hybridized carbons (Fsp3) is 0.588. The minimum atomic E-state index is 0.209. The molecule has 1 aromatic rings. The molecule has 3 heteroatoms. The van der Waals surface area contributed by atoms with Gasteiger partial charge in [-0.25, -0.2) is 0 Å². The van der Waals surface area contributed by atoms with E-state index in [-0.39, 0.29) is 5.78 Å². The van der Waals surface area contributed by atoms with Gasteiger partial charge >= 0.3 is 0 Å². The molecule has 0 radical (unpaired) electrons. The number of benzene rings is 1. The number of nitrogens with zero attached hydrogens (tertiary/aromatic N) is 1. The Labute approximate surface area is 121 Å². The van der Waals surface area contributed by atoms with E-state index in [2.05, 4.69) is 18.7 Å². The van der Waals surface area contributed by atoms with Crippen LogP contribution in [0.1, 0.15) is 44.0 Å². The van der Waals surface area contributed by atoms with Crippen molar-refractivity contribution in [1.29, 1.82) is 0 Å². The molecule has 0 saturated carbocycles. The first-order valence-corrected chi connectivity index (χ1v) is 7.62. The molecule has 2 rings (SSSR count). The lowest BCUT2D eigenvalue weighted by atomic mass is 10.0. The van der Waals surface area contributed by atoms with E-state index in [4.69, 9.17) is 4.74 Å². The van der Waals surface area contributed by atoms with Crippen molar-refractivity contribution in [2.24, 2.45) is 5.92 Å². The molecule has 0 amide bonds. The normalized spacial score (nSPS) is 19.5. The molecule has 1 fully saturated rings. The Balaban J connectivity index is 1.97. The van der Waals surface area contributed by atoms with Crippen molar-refractivity contribution < 1.29 is 9.53 Å². The summed E-state index contributed by atoms with van der Waals surface area (Å²) in [4.78, 5) is 14.7. The van der Waals surface area contributed by atoms with Crippen LogP contribution in [-0.2, 0) is 0 Å². The first kappa shape index (κ1) is 15.0. The molecule has 0 aromatic heterocycles. The summed E-state index contributed by atoms with van der Waals surface area (Å²) in [6, 6.07) is 8.05. The van der Waals surface area contributed by atoms with Crippen LogP contribution in [0.15, 0.2) is 24.3 Å². The minimum Gasteiger partial charge on any atom is -0.494 e. The van der Waals surface area contributed by atoms with Gasteiger partial charge in [0.2, 0.25) is 0 Å². The fourth-order valence-electron chi connectivity index (χ4n) is 2.98. The Morgan fingerprint density at radius 2 is 2.05 bits per heavy atom. The van der Waals surface area contributed by atoms with Gasteiger partial charge in [0.15, 0.2) is 5.78 Å². The second kappa shape index (κ2) is 6.89. The van der Waals surface area contributed by atoms with Crippen LogP contribution in [0.4, 0.5) is 0 Å². The Kier molecular flexibility index (Phi) is 5.18. The zero-order valence-electron chi connectivity index (χ0n) is 12.8. The Morgan fingerprint density at radius 3 is 2.65 bits per heavy atom. The summed E-state index contributed by atoms with van der Waals surface area (Å²) in [6.45, 7) is 8.67. The van der Waals surface area contributed by atoms with Gasteiger partial charge in [-0.2, -0.15) is 0 Å². The summed E-state index contributed by atoms with van der Waals surface area (Å²) in [6.07, 6.45) is 2.42. The zero-order chi connectivity index (χ0) is 14.5. The fourth-order valence-corrected chi connectivity index (χ4v) is 2.98. The van der Waals surface area contributed by atoms with Crippen molar-refractivity contribution in [3.8, 4) is 5.75 Å². The highest BCUT2D eigenvalue weighted by Gasteiger charge is 2.28. The lowest BCUT2D eigenvalue weighted by Gasteiger charge is -2.26. The topological polar surface area (TPSA) is 29.5 Å². The third kappa shape index (κ3) is 3.60. The molecule has 1 unspecified atom stereocenters. The van der Waals surface area contributed by atoms with Crippen molar-refractivity contribution in [1.82, 2.24) is 4.90 Å². The quantitative estimate of drug-likeness (QED) is 0.745. The summed E-state index contributed by atoms with van der Waals surface area (Å²) in [5, 5.41) is 0. The van der Waals surface area contributed by atoms with Gasteiger partial charge in [-0.3, -0.25) is 9.69 Å². The van der Waals surface area contributed by atoms with Crippen molar-refractivity contribution in [2.45, 2.75) is 39.7 Å². The third-order valence-electron chi connectivity index (χ3n) is 4.02. The molecule has 1 aliphatic rings. The highest BCUT2D eigenvalue weighted by Crippen LogP contribution is 2.24. The lowest BCUT2D eigenvalue weighted by Crippen LogP contribution is -2.37. The maximum Gasteiger partial charge on any atom is 0.176 e. The average molecular weight is 275 g/mol. The molecule has 0 N–H and O–H groups in total. The van der Waals surface area contributed by atoms with E-state index in [0.717, 1.165) is 17.9 Å². The largest absolute Gasteiger partial charge is 0.494 e. The second-order valence-electron chi connectivity index (χ2n) is 5.80. The van der Waals surface area contributed by atoms with E-state index in [1.54, 1.807) is 0 Å². The van der Waals surface area contributed by atoms with E-state index >= 15 is 0 Å². The molecular weight excluding hydrogens is 250 g/mol. The zero-order valence-corrected chi connectivity index (χ0v) is 12.8. The van der Waals surface area contributed by atoms with Crippen LogP contribution >= 0.6 is 0 Å². The molecule has 1 aromatic carbocycles. The van der Waals surface area contributed by atoms with Gasteiger partial charge in [0.25, 0.3) is 0 Å².